The van der Waals surface area contributed by atoms with E-state index in [1.54, 1.807) is 6.07 Å². The van der Waals surface area contributed by atoms with E-state index in [0.717, 1.165) is 36.1 Å². The molecular formula is C14H20BrFN2. The summed E-state index contributed by atoms with van der Waals surface area (Å²) < 4.78 is 14.2. The molecular weight excluding hydrogens is 295 g/mol. The highest BCUT2D eigenvalue weighted by Gasteiger charge is 2.23. The molecule has 2 atom stereocenters. The van der Waals surface area contributed by atoms with Crippen molar-refractivity contribution >= 4 is 15.9 Å². The first-order valence-electron chi connectivity index (χ1n) is 6.51. The van der Waals surface area contributed by atoms with Gasteiger partial charge in [-0.1, -0.05) is 22.9 Å². The lowest BCUT2D eigenvalue weighted by Gasteiger charge is -2.38. The van der Waals surface area contributed by atoms with E-state index < -0.39 is 0 Å². The van der Waals surface area contributed by atoms with E-state index >= 15 is 0 Å². The van der Waals surface area contributed by atoms with E-state index in [9.17, 15) is 4.39 Å². The average Bonchev–Trinajstić information content (AvgIpc) is 2.30. The zero-order valence-electron chi connectivity index (χ0n) is 10.9. The van der Waals surface area contributed by atoms with Crippen LogP contribution in [0.2, 0.25) is 0 Å². The van der Waals surface area contributed by atoms with Gasteiger partial charge in [0.1, 0.15) is 5.82 Å². The van der Waals surface area contributed by atoms with Crippen molar-refractivity contribution in [2.24, 2.45) is 0 Å². The van der Waals surface area contributed by atoms with Gasteiger partial charge >= 0.3 is 0 Å². The van der Waals surface area contributed by atoms with Gasteiger partial charge in [0.25, 0.3) is 0 Å². The van der Waals surface area contributed by atoms with E-state index in [0.29, 0.717) is 12.1 Å². The van der Waals surface area contributed by atoms with Gasteiger partial charge in [0.15, 0.2) is 0 Å². The van der Waals surface area contributed by atoms with Crippen LogP contribution >= 0.6 is 15.9 Å². The molecule has 100 valence electrons. The second-order valence-corrected chi connectivity index (χ2v) is 5.99. The SMILES string of the molecule is CCC1CN(Cc2cc(F)cc(Br)c2)C(C)CN1. The highest BCUT2D eigenvalue weighted by molar-refractivity contribution is 9.10. The second-order valence-electron chi connectivity index (χ2n) is 5.07. The summed E-state index contributed by atoms with van der Waals surface area (Å²) in [5, 5.41) is 3.53. The Balaban J connectivity index is 2.06. The van der Waals surface area contributed by atoms with Crippen LogP contribution in [0.1, 0.15) is 25.8 Å². The molecule has 0 saturated carbocycles. The minimum Gasteiger partial charge on any atom is -0.311 e. The lowest BCUT2D eigenvalue weighted by Crippen LogP contribution is -2.54. The lowest BCUT2D eigenvalue weighted by molar-refractivity contribution is 0.131. The molecule has 1 aromatic carbocycles. The number of hydrogen-bond donors (Lipinski definition) is 1. The zero-order valence-corrected chi connectivity index (χ0v) is 12.5. The van der Waals surface area contributed by atoms with Crippen molar-refractivity contribution in [1.82, 2.24) is 10.2 Å². The molecule has 1 aliphatic heterocycles. The summed E-state index contributed by atoms with van der Waals surface area (Å²) in [5.41, 5.74) is 1.03. The van der Waals surface area contributed by atoms with Crippen molar-refractivity contribution in [2.75, 3.05) is 13.1 Å². The number of hydrogen-bond acceptors (Lipinski definition) is 2. The second kappa shape index (κ2) is 6.13. The van der Waals surface area contributed by atoms with Crippen LogP contribution in [0.15, 0.2) is 22.7 Å². The molecule has 1 aromatic rings. The summed E-state index contributed by atoms with van der Waals surface area (Å²) in [6.07, 6.45) is 1.13. The fraction of sp³-hybridized carbons (Fsp3) is 0.571. The van der Waals surface area contributed by atoms with Gasteiger partial charge < -0.3 is 5.32 Å². The third-order valence-electron chi connectivity index (χ3n) is 3.58. The van der Waals surface area contributed by atoms with Gasteiger partial charge in [0.05, 0.1) is 0 Å². The Bertz CT molecular complexity index is 391. The maximum Gasteiger partial charge on any atom is 0.124 e. The molecule has 2 unspecified atom stereocenters. The van der Waals surface area contributed by atoms with Gasteiger partial charge in [-0.05, 0) is 37.1 Å². The molecule has 0 bridgehead atoms. The van der Waals surface area contributed by atoms with Crippen LogP contribution in [0.25, 0.3) is 0 Å². The first-order chi connectivity index (χ1) is 8.58. The molecule has 1 heterocycles. The molecule has 2 nitrogen and oxygen atoms in total. The maximum absolute atomic E-state index is 13.4. The van der Waals surface area contributed by atoms with Crippen LogP contribution in [0.5, 0.6) is 0 Å². The number of rotatable bonds is 3. The summed E-state index contributed by atoms with van der Waals surface area (Å²) >= 11 is 3.35. The third-order valence-corrected chi connectivity index (χ3v) is 4.04. The molecule has 1 N–H and O–H groups in total. The van der Waals surface area contributed by atoms with Gasteiger partial charge in [0.2, 0.25) is 0 Å². The monoisotopic (exact) mass is 314 g/mol. The highest BCUT2D eigenvalue weighted by Crippen LogP contribution is 2.19. The highest BCUT2D eigenvalue weighted by atomic mass is 79.9. The summed E-state index contributed by atoms with van der Waals surface area (Å²) in [6.45, 7) is 7.27. The molecule has 0 radical (unpaired) electrons. The molecule has 1 saturated heterocycles. The first-order valence-corrected chi connectivity index (χ1v) is 7.30. The summed E-state index contributed by atoms with van der Waals surface area (Å²) in [5.74, 6) is -0.172. The Morgan fingerprint density at radius 2 is 2.22 bits per heavy atom. The summed E-state index contributed by atoms with van der Waals surface area (Å²) in [7, 11) is 0. The Hall–Kier alpha value is -0.450. The van der Waals surface area contributed by atoms with Crippen molar-refractivity contribution in [3.05, 3.63) is 34.1 Å². The van der Waals surface area contributed by atoms with Gasteiger partial charge in [-0.3, -0.25) is 4.90 Å². The molecule has 18 heavy (non-hydrogen) atoms. The average molecular weight is 315 g/mol. The predicted octanol–water partition coefficient (Wildman–Crippen LogP) is 3.16. The van der Waals surface area contributed by atoms with Crippen LogP contribution in [-0.4, -0.2) is 30.1 Å². The van der Waals surface area contributed by atoms with E-state index in [1.165, 1.54) is 6.07 Å². The molecule has 1 fully saturated rings. The topological polar surface area (TPSA) is 15.3 Å². The van der Waals surface area contributed by atoms with Crippen molar-refractivity contribution in [3.8, 4) is 0 Å². The fourth-order valence-corrected chi connectivity index (χ4v) is 2.94. The standard InChI is InChI=1S/C14H20BrFN2/c1-3-14-9-18(10(2)7-17-14)8-11-4-12(15)6-13(16)5-11/h4-6,10,14,17H,3,7-9H2,1-2H3. The Morgan fingerprint density at radius 3 is 2.89 bits per heavy atom. The predicted molar refractivity (Wildman–Crippen MR) is 76.1 cm³/mol. The van der Waals surface area contributed by atoms with Crippen LogP contribution < -0.4 is 5.32 Å². The molecule has 1 aliphatic rings. The summed E-state index contributed by atoms with van der Waals surface area (Å²) in [4.78, 5) is 2.42. The van der Waals surface area contributed by atoms with E-state index in [-0.39, 0.29) is 5.82 Å². The van der Waals surface area contributed by atoms with Crippen LogP contribution in [0.3, 0.4) is 0 Å². The fourth-order valence-electron chi connectivity index (χ4n) is 2.42. The minimum atomic E-state index is -0.172. The molecule has 4 heteroatoms. The van der Waals surface area contributed by atoms with Crippen LogP contribution in [0.4, 0.5) is 4.39 Å². The number of halogens is 2. The van der Waals surface area contributed by atoms with E-state index in [2.05, 4.69) is 40.0 Å². The van der Waals surface area contributed by atoms with Crippen molar-refractivity contribution < 1.29 is 4.39 Å². The Morgan fingerprint density at radius 1 is 1.44 bits per heavy atom. The number of nitrogens with one attached hydrogen (secondary N) is 1. The van der Waals surface area contributed by atoms with Gasteiger partial charge in [-0.25, -0.2) is 4.39 Å². The smallest absolute Gasteiger partial charge is 0.124 e. The van der Waals surface area contributed by atoms with Crippen molar-refractivity contribution in [1.29, 1.82) is 0 Å². The third kappa shape index (κ3) is 3.53. The Labute approximate surface area is 117 Å². The molecule has 0 spiro atoms. The number of nitrogens with zero attached hydrogens (tertiary/aromatic N) is 1. The van der Waals surface area contributed by atoms with Gasteiger partial charge in [0, 0.05) is 36.2 Å². The minimum absolute atomic E-state index is 0.172. The van der Waals surface area contributed by atoms with Crippen molar-refractivity contribution in [2.45, 2.75) is 38.9 Å². The molecule has 0 aromatic heterocycles. The zero-order chi connectivity index (χ0) is 13.1. The van der Waals surface area contributed by atoms with Gasteiger partial charge in [-0.2, -0.15) is 0 Å². The van der Waals surface area contributed by atoms with Crippen molar-refractivity contribution in [3.63, 3.8) is 0 Å². The molecule has 0 amide bonds. The van der Waals surface area contributed by atoms with Crippen LogP contribution in [-0.2, 0) is 6.54 Å². The van der Waals surface area contributed by atoms with Gasteiger partial charge in [-0.15, -0.1) is 0 Å². The van der Waals surface area contributed by atoms with E-state index in [4.69, 9.17) is 0 Å². The summed E-state index contributed by atoms with van der Waals surface area (Å²) in [6, 6.07) is 6.17. The Kier molecular flexibility index (Phi) is 4.76. The van der Waals surface area contributed by atoms with Crippen LogP contribution in [0, 0.1) is 5.82 Å². The van der Waals surface area contributed by atoms with E-state index in [1.807, 2.05) is 6.07 Å². The normalized spacial score (nSPS) is 25.3. The first kappa shape index (κ1) is 14.0. The largest absolute Gasteiger partial charge is 0.311 e. The maximum atomic E-state index is 13.4. The number of piperazine rings is 1. The quantitative estimate of drug-likeness (QED) is 0.922. The lowest BCUT2D eigenvalue weighted by atomic mass is 10.1. The molecule has 0 aliphatic carbocycles. The number of benzene rings is 1. The molecule has 2 rings (SSSR count).